The average molecular weight is 376 g/mol. The van der Waals surface area contributed by atoms with Crippen molar-refractivity contribution in [2.45, 2.75) is 39.0 Å². The zero-order valence-corrected chi connectivity index (χ0v) is 16.3. The second-order valence-electron chi connectivity index (χ2n) is 7.69. The first kappa shape index (κ1) is 19.5. The van der Waals surface area contributed by atoms with Gasteiger partial charge in [0.05, 0.1) is 17.2 Å². The first-order valence-electron chi connectivity index (χ1n) is 9.23. The minimum Gasteiger partial charge on any atom is -0.319 e. The average Bonchev–Trinajstić information content (AvgIpc) is 2.66. The van der Waals surface area contributed by atoms with E-state index in [1.165, 1.54) is 5.56 Å². The molecule has 2 N–H and O–H groups in total. The molecule has 0 saturated carbocycles. The van der Waals surface area contributed by atoms with Gasteiger partial charge >= 0.3 is 0 Å². The first-order chi connectivity index (χ1) is 13.3. The van der Waals surface area contributed by atoms with Gasteiger partial charge in [-0.1, -0.05) is 57.2 Å². The van der Waals surface area contributed by atoms with Crippen molar-refractivity contribution in [3.8, 4) is 0 Å². The number of amides is 1. The van der Waals surface area contributed by atoms with Gasteiger partial charge in [-0.25, -0.2) is 10.4 Å². The lowest BCUT2D eigenvalue weighted by atomic mass is 9.87. The quantitative estimate of drug-likeness (QED) is 0.529. The molecule has 0 spiro atoms. The molecule has 0 unspecified atom stereocenters. The Balaban J connectivity index is 1.55. The number of aromatic nitrogens is 2. The van der Waals surface area contributed by atoms with E-state index in [2.05, 4.69) is 53.4 Å². The van der Waals surface area contributed by atoms with Gasteiger partial charge in [0, 0.05) is 12.8 Å². The van der Waals surface area contributed by atoms with Crippen molar-refractivity contribution >= 4 is 23.2 Å². The largest absolute Gasteiger partial charge is 0.319 e. The van der Waals surface area contributed by atoms with Gasteiger partial charge in [0.25, 0.3) is 5.56 Å². The van der Waals surface area contributed by atoms with Crippen LogP contribution < -0.4 is 11.0 Å². The fraction of sp³-hybridized carbons (Fsp3) is 0.273. The molecule has 0 atom stereocenters. The summed E-state index contributed by atoms with van der Waals surface area (Å²) in [4.78, 5) is 31.2. The fourth-order valence-corrected chi connectivity index (χ4v) is 2.77. The molecular formula is C22H24N4O2. The smallest absolute Gasteiger partial charge is 0.270 e. The number of nitrogens with one attached hydrogen (secondary N) is 2. The van der Waals surface area contributed by atoms with Crippen LogP contribution in [0.15, 0.2) is 58.4 Å². The van der Waals surface area contributed by atoms with Crippen LogP contribution >= 0.6 is 0 Å². The number of para-hydroxylation sites is 2. The molecule has 1 aromatic heterocycles. The number of fused-ring (bicyclic) bond motifs is 1. The lowest BCUT2D eigenvalue weighted by molar-refractivity contribution is -0.121. The predicted molar refractivity (Wildman–Crippen MR) is 112 cm³/mol. The van der Waals surface area contributed by atoms with Gasteiger partial charge in [-0.05, 0) is 28.7 Å². The van der Waals surface area contributed by atoms with Crippen LogP contribution in [0.25, 0.3) is 11.0 Å². The highest BCUT2D eigenvalue weighted by Crippen LogP contribution is 2.21. The van der Waals surface area contributed by atoms with Crippen molar-refractivity contribution < 1.29 is 4.79 Å². The molecule has 1 amide bonds. The molecule has 3 aromatic rings. The number of hydrazone groups is 1. The Kier molecular flexibility index (Phi) is 5.68. The topological polar surface area (TPSA) is 87.2 Å². The first-order valence-corrected chi connectivity index (χ1v) is 9.23. The minimum atomic E-state index is -0.270. The summed E-state index contributed by atoms with van der Waals surface area (Å²) in [5.41, 5.74) is 6.19. The van der Waals surface area contributed by atoms with E-state index in [9.17, 15) is 9.59 Å². The number of benzene rings is 2. The highest BCUT2D eigenvalue weighted by Gasteiger charge is 2.12. The van der Waals surface area contributed by atoms with Crippen molar-refractivity contribution in [2.24, 2.45) is 5.10 Å². The van der Waals surface area contributed by atoms with Gasteiger partial charge in [0.2, 0.25) is 5.91 Å². The molecule has 144 valence electrons. The molecule has 0 aliphatic rings. The van der Waals surface area contributed by atoms with Crippen LogP contribution in [0.5, 0.6) is 0 Å². The van der Waals surface area contributed by atoms with E-state index in [-0.39, 0.29) is 29.7 Å². The normalized spacial score (nSPS) is 11.8. The Morgan fingerprint density at radius 3 is 2.57 bits per heavy atom. The van der Waals surface area contributed by atoms with Gasteiger partial charge in [-0.2, -0.15) is 5.10 Å². The predicted octanol–water partition coefficient (Wildman–Crippen LogP) is 3.30. The number of H-pyrrole nitrogens is 1. The summed E-state index contributed by atoms with van der Waals surface area (Å²) >= 11 is 0. The van der Waals surface area contributed by atoms with Crippen molar-refractivity contribution in [2.75, 3.05) is 0 Å². The van der Waals surface area contributed by atoms with Crippen LogP contribution in [0.1, 0.15) is 44.0 Å². The van der Waals surface area contributed by atoms with Crippen LogP contribution in [-0.2, 0) is 16.6 Å². The van der Waals surface area contributed by atoms with E-state index in [0.29, 0.717) is 16.7 Å². The maximum absolute atomic E-state index is 12.1. The van der Waals surface area contributed by atoms with Crippen LogP contribution in [-0.4, -0.2) is 22.1 Å². The third-order valence-electron chi connectivity index (χ3n) is 4.44. The fourth-order valence-electron chi connectivity index (χ4n) is 2.77. The third kappa shape index (κ3) is 4.91. The lowest BCUT2D eigenvalue weighted by Crippen LogP contribution is -2.21. The molecule has 0 aliphatic carbocycles. The highest BCUT2D eigenvalue weighted by molar-refractivity contribution is 5.82. The lowest BCUT2D eigenvalue weighted by Gasteiger charge is -2.18. The zero-order chi connectivity index (χ0) is 20.1. The van der Waals surface area contributed by atoms with E-state index in [1.807, 2.05) is 30.3 Å². The Morgan fingerprint density at radius 1 is 1.14 bits per heavy atom. The molecule has 3 rings (SSSR count). The van der Waals surface area contributed by atoms with E-state index >= 15 is 0 Å². The molecule has 28 heavy (non-hydrogen) atoms. The molecule has 2 aromatic carbocycles. The van der Waals surface area contributed by atoms with Gasteiger partial charge in [-0.3, -0.25) is 9.59 Å². The molecule has 6 heteroatoms. The zero-order valence-electron chi connectivity index (χ0n) is 16.3. The van der Waals surface area contributed by atoms with E-state index in [4.69, 9.17) is 0 Å². The molecular weight excluding hydrogens is 352 g/mol. The summed E-state index contributed by atoms with van der Waals surface area (Å²) in [5, 5.41) is 3.99. The van der Waals surface area contributed by atoms with Crippen LogP contribution in [0.4, 0.5) is 0 Å². The number of aryl methyl sites for hydroxylation is 1. The monoisotopic (exact) mass is 376 g/mol. The second-order valence-corrected chi connectivity index (χ2v) is 7.69. The number of carbonyl (C=O) groups is 1. The van der Waals surface area contributed by atoms with E-state index in [0.717, 1.165) is 5.56 Å². The molecule has 6 nitrogen and oxygen atoms in total. The van der Waals surface area contributed by atoms with Crippen molar-refractivity contribution in [1.29, 1.82) is 0 Å². The maximum atomic E-state index is 12.1. The van der Waals surface area contributed by atoms with E-state index in [1.54, 1.807) is 12.3 Å². The Labute approximate surface area is 163 Å². The summed E-state index contributed by atoms with van der Waals surface area (Å²) in [7, 11) is 0. The van der Waals surface area contributed by atoms with Gasteiger partial charge in [0.1, 0.15) is 5.69 Å². The summed E-state index contributed by atoms with van der Waals surface area (Å²) < 4.78 is 0. The summed E-state index contributed by atoms with van der Waals surface area (Å²) in [6, 6.07) is 15.4. The van der Waals surface area contributed by atoms with Crippen LogP contribution in [0, 0.1) is 0 Å². The van der Waals surface area contributed by atoms with Crippen LogP contribution in [0.3, 0.4) is 0 Å². The maximum Gasteiger partial charge on any atom is 0.270 e. The van der Waals surface area contributed by atoms with Gasteiger partial charge < -0.3 is 4.98 Å². The van der Waals surface area contributed by atoms with Crippen molar-refractivity contribution in [1.82, 2.24) is 15.4 Å². The van der Waals surface area contributed by atoms with Crippen LogP contribution in [0.2, 0.25) is 0 Å². The summed E-state index contributed by atoms with van der Waals surface area (Å²) in [5.74, 6) is -0.267. The SMILES string of the molecule is CC(C)(C)c1ccc(/C=N/NC(=O)CCc2nc3ccccc3[nH]c2=O)cc1. The number of hydrogen-bond donors (Lipinski definition) is 2. The number of carbonyl (C=O) groups excluding carboxylic acids is 1. The standard InChI is InChI=1S/C22H24N4O2/c1-22(2,3)16-10-8-15(9-11-16)14-23-26-20(27)13-12-19-21(28)25-18-7-5-4-6-17(18)24-19/h4-11,14H,12-13H2,1-3H3,(H,25,28)(H,26,27)/b23-14+. The molecule has 1 heterocycles. The summed E-state index contributed by atoms with van der Waals surface area (Å²) in [6.45, 7) is 6.48. The molecule has 0 aliphatic heterocycles. The van der Waals surface area contributed by atoms with Gasteiger partial charge in [-0.15, -0.1) is 0 Å². The second kappa shape index (κ2) is 8.17. The number of nitrogens with zero attached hydrogens (tertiary/aromatic N) is 2. The number of aromatic amines is 1. The van der Waals surface area contributed by atoms with Crippen molar-refractivity contribution in [3.05, 3.63) is 75.7 Å². The minimum absolute atomic E-state index is 0.0958. The highest BCUT2D eigenvalue weighted by atomic mass is 16.2. The Morgan fingerprint density at radius 2 is 1.86 bits per heavy atom. The Hall–Kier alpha value is -3.28. The molecule has 0 radical (unpaired) electrons. The third-order valence-corrected chi connectivity index (χ3v) is 4.44. The molecule has 0 fully saturated rings. The summed E-state index contributed by atoms with van der Waals surface area (Å²) in [6.07, 6.45) is 1.99. The molecule has 0 saturated heterocycles. The van der Waals surface area contributed by atoms with Crippen molar-refractivity contribution in [3.63, 3.8) is 0 Å². The number of rotatable bonds is 5. The van der Waals surface area contributed by atoms with E-state index < -0.39 is 0 Å². The number of hydrogen-bond acceptors (Lipinski definition) is 4. The van der Waals surface area contributed by atoms with Gasteiger partial charge in [0.15, 0.2) is 0 Å². The Bertz CT molecular complexity index is 1060. The molecule has 0 bridgehead atoms.